The van der Waals surface area contributed by atoms with Gasteiger partial charge >= 0.3 is 0 Å². The Morgan fingerprint density at radius 2 is 2.05 bits per heavy atom. The highest BCUT2D eigenvalue weighted by Crippen LogP contribution is 2.13. The molecule has 0 bridgehead atoms. The molecule has 1 heterocycles. The van der Waals surface area contributed by atoms with E-state index in [4.69, 9.17) is 0 Å². The van der Waals surface area contributed by atoms with Crippen LogP contribution in [0.3, 0.4) is 0 Å². The zero-order chi connectivity index (χ0) is 15.9. The van der Waals surface area contributed by atoms with Crippen molar-refractivity contribution in [2.45, 2.75) is 20.4 Å². The predicted octanol–water partition coefficient (Wildman–Crippen LogP) is 3.41. The molecule has 22 heavy (non-hydrogen) atoms. The number of nitrogens with one attached hydrogen (secondary N) is 1. The summed E-state index contributed by atoms with van der Waals surface area (Å²) in [5, 5.41) is 4.89. The third-order valence-electron chi connectivity index (χ3n) is 3.33. The summed E-state index contributed by atoms with van der Waals surface area (Å²) in [7, 11) is 0. The van der Waals surface area contributed by atoms with Gasteiger partial charge in [0.1, 0.15) is 0 Å². The molecule has 0 aliphatic rings. The molecule has 0 saturated heterocycles. The molecule has 0 unspecified atom stereocenters. The first-order valence-electron chi connectivity index (χ1n) is 7.24. The number of carbonyl (C=O) groups excluding carboxylic acids is 2. The summed E-state index contributed by atoms with van der Waals surface area (Å²) < 4.78 is 0. The van der Waals surface area contributed by atoms with E-state index in [-0.39, 0.29) is 11.7 Å². The van der Waals surface area contributed by atoms with Gasteiger partial charge in [-0.3, -0.25) is 14.5 Å². The minimum absolute atomic E-state index is 0.0102. The summed E-state index contributed by atoms with van der Waals surface area (Å²) >= 11 is 1.69. The van der Waals surface area contributed by atoms with E-state index in [9.17, 15) is 9.59 Å². The van der Waals surface area contributed by atoms with Crippen molar-refractivity contribution in [3.63, 3.8) is 0 Å². The van der Waals surface area contributed by atoms with E-state index in [1.807, 2.05) is 18.4 Å². The van der Waals surface area contributed by atoms with Gasteiger partial charge in [0.15, 0.2) is 5.78 Å². The molecule has 0 atom stereocenters. The lowest BCUT2D eigenvalue weighted by Gasteiger charge is -2.19. The van der Waals surface area contributed by atoms with Crippen LogP contribution < -0.4 is 5.32 Å². The summed E-state index contributed by atoms with van der Waals surface area (Å²) in [5.74, 6) is -0.0805. The molecule has 0 saturated carbocycles. The van der Waals surface area contributed by atoms with Crippen molar-refractivity contribution in [2.75, 3.05) is 18.4 Å². The number of thiophene rings is 1. The molecule has 0 aliphatic heterocycles. The van der Waals surface area contributed by atoms with E-state index in [0.717, 1.165) is 13.1 Å². The van der Waals surface area contributed by atoms with Gasteiger partial charge in [0.05, 0.1) is 6.54 Å². The molecule has 2 aromatic rings. The SMILES string of the molecule is CCN(CC(=O)Nc1cccc(C(C)=O)c1)Cc1cccs1. The molecule has 0 aliphatic carbocycles. The maximum absolute atomic E-state index is 12.2. The largest absolute Gasteiger partial charge is 0.325 e. The lowest BCUT2D eigenvalue weighted by atomic mass is 10.1. The van der Waals surface area contributed by atoms with Crippen LogP contribution in [-0.4, -0.2) is 29.7 Å². The topological polar surface area (TPSA) is 49.4 Å². The minimum Gasteiger partial charge on any atom is -0.325 e. The Hall–Kier alpha value is -1.98. The molecule has 1 amide bonds. The van der Waals surface area contributed by atoms with Crippen LogP contribution >= 0.6 is 11.3 Å². The second-order valence-corrected chi connectivity index (χ2v) is 6.10. The number of anilines is 1. The molecule has 4 nitrogen and oxygen atoms in total. The van der Waals surface area contributed by atoms with Gasteiger partial charge in [0.2, 0.25) is 5.91 Å². The van der Waals surface area contributed by atoms with Gasteiger partial charge < -0.3 is 5.32 Å². The van der Waals surface area contributed by atoms with Crippen molar-refractivity contribution >= 4 is 28.7 Å². The Kier molecular flexibility index (Phi) is 5.86. The summed E-state index contributed by atoms with van der Waals surface area (Å²) in [5.41, 5.74) is 1.26. The lowest BCUT2D eigenvalue weighted by Crippen LogP contribution is -2.32. The highest BCUT2D eigenvalue weighted by atomic mass is 32.1. The Bertz CT molecular complexity index is 638. The number of carbonyl (C=O) groups is 2. The van der Waals surface area contributed by atoms with Crippen LogP contribution in [-0.2, 0) is 11.3 Å². The number of benzene rings is 1. The first-order valence-corrected chi connectivity index (χ1v) is 8.12. The van der Waals surface area contributed by atoms with E-state index < -0.39 is 0 Å². The zero-order valence-electron chi connectivity index (χ0n) is 12.8. The summed E-state index contributed by atoms with van der Waals surface area (Å²) in [6.45, 7) is 5.46. The van der Waals surface area contributed by atoms with Gasteiger partial charge in [-0.25, -0.2) is 0 Å². The highest BCUT2D eigenvalue weighted by Gasteiger charge is 2.11. The van der Waals surface area contributed by atoms with E-state index in [1.54, 1.807) is 35.6 Å². The van der Waals surface area contributed by atoms with Crippen molar-refractivity contribution in [2.24, 2.45) is 0 Å². The van der Waals surface area contributed by atoms with Gasteiger partial charge in [-0.15, -0.1) is 11.3 Å². The van der Waals surface area contributed by atoms with Gasteiger partial charge in [-0.2, -0.15) is 0 Å². The minimum atomic E-state index is -0.0703. The summed E-state index contributed by atoms with van der Waals surface area (Å²) in [6, 6.07) is 11.1. The smallest absolute Gasteiger partial charge is 0.238 e. The van der Waals surface area contributed by atoms with E-state index >= 15 is 0 Å². The number of amides is 1. The van der Waals surface area contributed by atoms with Crippen LogP contribution in [0.1, 0.15) is 29.1 Å². The van der Waals surface area contributed by atoms with Crippen LogP contribution in [0.2, 0.25) is 0 Å². The molecule has 1 aromatic carbocycles. The van der Waals surface area contributed by atoms with Crippen LogP contribution in [0.4, 0.5) is 5.69 Å². The number of ketones is 1. The Morgan fingerprint density at radius 3 is 2.68 bits per heavy atom. The molecule has 0 spiro atoms. The standard InChI is InChI=1S/C17H20N2O2S/c1-3-19(11-16-8-5-9-22-16)12-17(21)18-15-7-4-6-14(10-15)13(2)20/h4-10H,3,11-12H2,1-2H3,(H,18,21). The van der Waals surface area contributed by atoms with Crippen LogP contribution in [0.5, 0.6) is 0 Å². The van der Waals surface area contributed by atoms with Crippen molar-refractivity contribution in [1.82, 2.24) is 4.90 Å². The maximum atomic E-state index is 12.2. The first kappa shape index (κ1) is 16.4. The molecule has 1 N–H and O–H groups in total. The zero-order valence-corrected chi connectivity index (χ0v) is 13.7. The second-order valence-electron chi connectivity index (χ2n) is 5.07. The number of likely N-dealkylation sites (N-methyl/N-ethyl adjacent to an activating group) is 1. The van der Waals surface area contributed by atoms with Crippen molar-refractivity contribution in [3.05, 3.63) is 52.2 Å². The van der Waals surface area contributed by atoms with Gasteiger partial charge in [-0.1, -0.05) is 25.1 Å². The van der Waals surface area contributed by atoms with Gasteiger partial charge in [-0.05, 0) is 37.0 Å². The normalized spacial score (nSPS) is 10.7. The molecule has 0 fully saturated rings. The third kappa shape index (κ3) is 4.79. The number of hydrogen-bond donors (Lipinski definition) is 1. The third-order valence-corrected chi connectivity index (χ3v) is 4.19. The summed E-state index contributed by atoms with van der Waals surface area (Å²) in [6.07, 6.45) is 0. The highest BCUT2D eigenvalue weighted by molar-refractivity contribution is 7.09. The average Bonchev–Trinajstić information content (AvgIpc) is 2.99. The second kappa shape index (κ2) is 7.87. The number of rotatable bonds is 7. The van der Waals surface area contributed by atoms with E-state index in [0.29, 0.717) is 17.8 Å². The lowest BCUT2D eigenvalue weighted by molar-refractivity contribution is -0.117. The van der Waals surface area contributed by atoms with E-state index in [1.165, 1.54) is 11.8 Å². The van der Waals surface area contributed by atoms with Gasteiger partial charge in [0.25, 0.3) is 0 Å². The molecular formula is C17H20N2O2S. The molecule has 1 aromatic heterocycles. The molecule has 5 heteroatoms. The Balaban J connectivity index is 1.93. The number of Topliss-reactive ketones (excluding diaryl/α,β-unsaturated/α-hetero) is 1. The van der Waals surface area contributed by atoms with Crippen LogP contribution in [0, 0.1) is 0 Å². The van der Waals surface area contributed by atoms with Crippen LogP contribution in [0.25, 0.3) is 0 Å². The number of nitrogens with zero attached hydrogens (tertiary/aromatic N) is 1. The van der Waals surface area contributed by atoms with Crippen molar-refractivity contribution < 1.29 is 9.59 Å². The fourth-order valence-corrected chi connectivity index (χ4v) is 2.87. The fourth-order valence-electron chi connectivity index (χ4n) is 2.12. The molecule has 2 rings (SSSR count). The molecular weight excluding hydrogens is 296 g/mol. The van der Waals surface area contributed by atoms with Crippen molar-refractivity contribution in [3.8, 4) is 0 Å². The Labute approximate surface area is 134 Å². The predicted molar refractivity (Wildman–Crippen MR) is 90.3 cm³/mol. The quantitative estimate of drug-likeness (QED) is 0.796. The first-order chi connectivity index (χ1) is 10.6. The van der Waals surface area contributed by atoms with Crippen molar-refractivity contribution in [1.29, 1.82) is 0 Å². The fraction of sp³-hybridized carbons (Fsp3) is 0.294. The molecule has 0 radical (unpaired) electrons. The number of hydrogen-bond acceptors (Lipinski definition) is 4. The maximum Gasteiger partial charge on any atom is 0.238 e. The Morgan fingerprint density at radius 1 is 1.23 bits per heavy atom. The summed E-state index contributed by atoms with van der Waals surface area (Å²) in [4.78, 5) is 26.8. The van der Waals surface area contributed by atoms with Gasteiger partial charge in [0, 0.05) is 22.7 Å². The average molecular weight is 316 g/mol. The van der Waals surface area contributed by atoms with E-state index in [2.05, 4.69) is 16.3 Å². The van der Waals surface area contributed by atoms with Crippen LogP contribution in [0.15, 0.2) is 41.8 Å². The monoisotopic (exact) mass is 316 g/mol. The molecule has 116 valence electrons.